The lowest BCUT2D eigenvalue weighted by atomic mass is 10.2. The Bertz CT molecular complexity index is 975. The van der Waals surface area contributed by atoms with Gasteiger partial charge in [0.2, 0.25) is 10.0 Å². The summed E-state index contributed by atoms with van der Waals surface area (Å²) >= 11 is 3.41. The van der Waals surface area contributed by atoms with Crippen LogP contribution in [0.4, 0.5) is 5.69 Å². The van der Waals surface area contributed by atoms with E-state index >= 15 is 0 Å². The van der Waals surface area contributed by atoms with Gasteiger partial charge in [0.25, 0.3) is 5.91 Å². The lowest BCUT2D eigenvalue weighted by Crippen LogP contribution is -2.30. The number of carbonyl (C=O) groups excluding carboxylic acids is 1. The van der Waals surface area contributed by atoms with Crippen LogP contribution in [0.25, 0.3) is 0 Å². The first kappa shape index (κ1) is 23.2. The second-order valence-electron chi connectivity index (χ2n) is 6.20. The van der Waals surface area contributed by atoms with Gasteiger partial charge < -0.3 is 14.8 Å². The molecule has 2 aromatic carbocycles. The van der Waals surface area contributed by atoms with Gasteiger partial charge in [0.05, 0.1) is 17.7 Å². The Morgan fingerprint density at radius 2 is 1.83 bits per heavy atom. The molecular formula is C20H25BrN2O5S. The third-order valence-corrected chi connectivity index (χ3v) is 7.22. The number of nitrogens with zero attached hydrogens (tertiary/aromatic N) is 1. The lowest BCUT2D eigenvalue weighted by Gasteiger charge is -2.19. The summed E-state index contributed by atoms with van der Waals surface area (Å²) in [4.78, 5) is 12.4. The van der Waals surface area contributed by atoms with Crippen molar-refractivity contribution >= 4 is 37.5 Å². The zero-order valence-corrected chi connectivity index (χ0v) is 19.3. The minimum Gasteiger partial charge on any atom is -0.495 e. The summed E-state index contributed by atoms with van der Waals surface area (Å²) in [5, 5.41) is 2.66. The van der Waals surface area contributed by atoms with Gasteiger partial charge in [-0.05, 0) is 48.9 Å². The molecular weight excluding hydrogens is 460 g/mol. The van der Waals surface area contributed by atoms with Crippen LogP contribution in [-0.2, 0) is 14.8 Å². The maximum absolute atomic E-state index is 12.7. The molecule has 7 nitrogen and oxygen atoms in total. The zero-order chi connectivity index (χ0) is 21.6. The fourth-order valence-corrected chi connectivity index (χ4v) is 4.43. The van der Waals surface area contributed by atoms with Gasteiger partial charge in [0.1, 0.15) is 11.5 Å². The summed E-state index contributed by atoms with van der Waals surface area (Å²) in [7, 11) is -2.21. The summed E-state index contributed by atoms with van der Waals surface area (Å²) < 4.78 is 38.6. The van der Waals surface area contributed by atoms with Crippen LogP contribution in [-0.4, -0.2) is 45.4 Å². The SMILES string of the molecule is CCN(CC)S(=O)(=O)c1ccc(OC)c(NC(=O)COc2ccc(Br)c(C)c2)c1. The molecule has 0 spiro atoms. The molecule has 1 amide bonds. The second kappa shape index (κ2) is 10.1. The number of hydrogen-bond acceptors (Lipinski definition) is 5. The van der Waals surface area contributed by atoms with Crippen LogP contribution in [0.15, 0.2) is 45.8 Å². The number of anilines is 1. The van der Waals surface area contributed by atoms with Crippen molar-refractivity contribution in [3.8, 4) is 11.5 Å². The number of amides is 1. The molecule has 0 fully saturated rings. The van der Waals surface area contributed by atoms with Crippen molar-refractivity contribution < 1.29 is 22.7 Å². The van der Waals surface area contributed by atoms with Gasteiger partial charge in [-0.3, -0.25) is 4.79 Å². The Morgan fingerprint density at radius 1 is 1.14 bits per heavy atom. The molecule has 0 atom stereocenters. The summed E-state index contributed by atoms with van der Waals surface area (Å²) in [6, 6.07) is 9.78. The van der Waals surface area contributed by atoms with Crippen LogP contribution in [0.1, 0.15) is 19.4 Å². The Balaban J connectivity index is 2.18. The molecule has 0 saturated carbocycles. The molecule has 0 aromatic heterocycles. The molecule has 0 heterocycles. The van der Waals surface area contributed by atoms with E-state index in [0.717, 1.165) is 10.0 Å². The fraction of sp³-hybridized carbons (Fsp3) is 0.350. The number of ether oxygens (including phenoxy) is 2. The predicted octanol–water partition coefficient (Wildman–Crippen LogP) is 3.81. The number of aryl methyl sites for hydroxylation is 1. The van der Waals surface area contributed by atoms with E-state index in [-0.39, 0.29) is 17.2 Å². The van der Waals surface area contributed by atoms with Crippen molar-refractivity contribution in [2.45, 2.75) is 25.7 Å². The molecule has 0 aliphatic carbocycles. The molecule has 2 rings (SSSR count). The van der Waals surface area contributed by atoms with Crippen LogP contribution >= 0.6 is 15.9 Å². The topological polar surface area (TPSA) is 84.9 Å². The standard InChI is InChI=1S/C20H25BrN2O5S/c1-5-23(6-2)29(25,26)16-8-10-19(27-4)18(12-16)22-20(24)13-28-15-7-9-17(21)14(3)11-15/h7-12H,5-6,13H2,1-4H3,(H,22,24). The molecule has 0 unspecified atom stereocenters. The highest BCUT2D eigenvalue weighted by Gasteiger charge is 2.23. The Labute approximate surface area is 180 Å². The normalized spacial score (nSPS) is 11.4. The van der Waals surface area contributed by atoms with E-state index in [0.29, 0.717) is 24.6 Å². The van der Waals surface area contributed by atoms with Crippen molar-refractivity contribution in [3.05, 3.63) is 46.4 Å². The van der Waals surface area contributed by atoms with Crippen LogP contribution in [0.3, 0.4) is 0 Å². The smallest absolute Gasteiger partial charge is 0.262 e. The molecule has 0 radical (unpaired) electrons. The molecule has 0 saturated heterocycles. The van der Waals surface area contributed by atoms with E-state index in [4.69, 9.17) is 9.47 Å². The summed E-state index contributed by atoms with van der Waals surface area (Å²) in [5.41, 5.74) is 1.25. The summed E-state index contributed by atoms with van der Waals surface area (Å²) in [6.07, 6.45) is 0. The Morgan fingerprint density at radius 3 is 2.41 bits per heavy atom. The first-order valence-electron chi connectivity index (χ1n) is 9.09. The number of hydrogen-bond donors (Lipinski definition) is 1. The van der Waals surface area contributed by atoms with Crippen LogP contribution < -0.4 is 14.8 Å². The maximum Gasteiger partial charge on any atom is 0.262 e. The van der Waals surface area contributed by atoms with E-state index in [2.05, 4.69) is 21.2 Å². The number of methoxy groups -OCH3 is 1. The average Bonchev–Trinajstić information content (AvgIpc) is 2.69. The van der Waals surface area contributed by atoms with Gasteiger partial charge in [0, 0.05) is 17.6 Å². The molecule has 1 N–H and O–H groups in total. The van der Waals surface area contributed by atoms with E-state index in [1.165, 1.54) is 29.6 Å². The number of halogens is 1. The first-order valence-corrected chi connectivity index (χ1v) is 11.3. The predicted molar refractivity (Wildman–Crippen MR) is 116 cm³/mol. The lowest BCUT2D eigenvalue weighted by molar-refractivity contribution is -0.118. The van der Waals surface area contributed by atoms with Crippen molar-refractivity contribution in [1.29, 1.82) is 0 Å². The number of rotatable bonds is 9. The van der Waals surface area contributed by atoms with E-state index < -0.39 is 15.9 Å². The number of nitrogens with one attached hydrogen (secondary N) is 1. The molecule has 9 heteroatoms. The maximum atomic E-state index is 12.7. The number of carbonyl (C=O) groups is 1. The molecule has 0 aliphatic heterocycles. The minimum absolute atomic E-state index is 0.0850. The van der Waals surface area contributed by atoms with Crippen molar-refractivity contribution in [2.24, 2.45) is 0 Å². The van der Waals surface area contributed by atoms with Gasteiger partial charge >= 0.3 is 0 Å². The largest absolute Gasteiger partial charge is 0.495 e. The highest BCUT2D eigenvalue weighted by molar-refractivity contribution is 9.10. The highest BCUT2D eigenvalue weighted by Crippen LogP contribution is 2.29. The minimum atomic E-state index is -3.66. The quantitative estimate of drug-likeness (QED) is 0.584. The van der Waals surface area contributed by atoms with Gasteiger partial charge in [-0.2, -0.15) is 4.31 Å². The second-order valence-corrected chi connectivity index (χ2v) is 8.99. The monoisotopic (exact) mass is 484 g/mol. The first-order chi connectivity index (χ1) is 13.7. The third kappa shape index (κ3) is 5.71. The van der Waals surface area contributed by atoms with E-state index in [9.17, 15) is 13.2 Å². The van der Waals surface area contributed by atoms with E-state index in [1.807, 2.05) is 19.1 Å². The molecule has 2 aromatic rings. The van der Waals surface area contributed by atoms with Crippen molar-refractivity contribution in [1.82, 2.24) is 4.31 Å². The number of benzene rings is 2. The molecule has 158 valence electrons. The van der Waals surface area contributed by atoms with Gasteiger partial charge in [-0.1, -0.05) is 29.8 Å². The molecule has 0 bridgehead atoms. The summed E-state index contributed by atoms with van der Waals surface area (Å²) in [5.74, 6) is 0.489. The average molecular weight is 485 g/mol. The summed E-state index contributed by atoms with van der Waals surface area (Å²) in [6.45, 7) is 5.95. The highest BCUT2D eigenvalue weighted by atomic mass is 79.9. The van der Waals surface area contributed by atoms with Gasteiger partial charge in [-0.25, -0.2) is 8.42 Å². The molecule has 0 aliphatic rings. The van der Waals surface area contributed by atoms with E-state index in [1.54, 1.807) is 19.9 Å². The van der Waals surface area contributed by atoms with Crippen molar-refractivity contribution in [3.63, 3.8) is 0 Å². The Hall–Kier alpha value is -2.10. The fourth-order valence-electron chi connectivity index (χ4n) is 2.70. The zero-order valence-electron chi connectivity index (χ0n) is 16.9. The van der Waals surface area contributed by atoms with Crippen molar-refractivity contribution in [2.75, 3.05) is 32.1 Å². The third-order valence-electron chi connectivity index (χ3n) is 4.29. The van der Waals surface area contributed by atoms with Crippen LogP contribution in [0.5, 0.6) is 11.5 Å². The number of sulfonamides is 1. The van der Waals surface area contributed by atoms with Crippen LogP contribution in [0, 0.1) is 6.92 Å². The van der Waals surface area contributed by atoms with Gasteiger partial charge in [-0.15, -0.1) is 0 Å². The van der Waals surface area contributed by atoms with Crippen LogP contribution in [0.2, 0.25) is 0 Å². The molecule has 29 heavy (non-hydrogen) atoms. The van der Waals surface area contributed by atoms with Gasteiger partial charge in [0.15, 0.2) is 6.61 Å². The Kier molecular flexibility index (Phi) is 8.06.